The summed E-state index contributed by atoms with van der Waals surface area (Å²) >= 11 is 0. The number of hydrogen-bond acceptors (Lipinski definition) is 5. The molecule has 1 saturated carbocycles. The van der Waals surface area contributed by atoms with Crippen LogP contribution >= 0.6 is 0 Å². The molecule has 0 atom stereocenters. The highest BCUT2D eigenvalue weighted by molar-refractivity contribution is 5.56. The highest BCUT2D eigenvalue weighted by atomic mass is 16.5. The van der Waals surface area contributed by atoms with Crippen molar-refractivity contribution in [2.45, 2.75) is 38.1 Å². The molecule has 0 radical (unpaired) electrons. The second kappa shape index (κ2) is 6.40. The third-order valence-corrected chi connectivity index (χ3v) is 4.15. The van der Waals surface area contributed by atoms with E-state index in [4.69, 9.17) is 4.74 Å². The third-order valence-electron chi connectivity index (χ3n) is 4.15. The third kappa shape index (κ3) is 3.25. The van der Waals surface area contributed by atoms with Crippen molar-refractivity contribution in [3.05, 3.63) is 36.3 Å². The Balaban J connectivity index is 1.89. The number of rotatable bonds is 5. The van der Waals surface area contributed by atoms with Crippen LogP contribution in [0.4, 0.5) is 5.82 Å². The second-order valence-electron chi connectivity index (χ2n) is 6.01. The maximum absolute atomic E-state index is 5.43. The molecule has 116 valence electrons. The Morgan fingerprint density at radius 1 is 1.27 bits per heavy atom. The molecule has 0 bridgehead atoms. The second-order valence-corrected chi connectivity index (χ2v) is 6.01. The SMILES string of the molecule is COCC1(Nc2cc(C)nc(-c3cccnc3)n2)CCCC1. The van der Waals surface area contributed by atoms with Gasteiger partial charge in [-0.3, -0.25) is 4.98 Å². The summed E-state index contributed by atoms with van der Waals surface area (Å²) in [5.74, 6) is 1.58. The fraction of sp³-hybridized carbons (Fsp3) is 0.471. The molecule has 1 fully saturated rings. The predicted octanol–water partition coefficient (Wildman–Crippen LogP) is 3.22. The van der Waals surface area contributed by atoms with Crippen LogP contribution in [0.1, 0.15) is 31.4 Å². The molecule has 0 amide bonds. The van der Waals surface area contributed by atoms with E-state index in [0.29, 0.717) is 12.4 Å². The Morgan fingerprint density at radius 2 is 2.09 bits per heavy atom. The maximum atomic E-state index is 5.43. The van der Waals surface area contributed by atoms with Gasteiger partial charge in [-0.1, -0.05) is 12.8 Å². The summed E-state index contributed by atoms with van der Waals surface area (Å²) in [7, 11) is 1.76. The molecular formula is C17H22N4O. The van der Waals surface area contributed by atoms with Crippen molar-refractivity contribution >= 4 is 5.82 Å². The number of aromatic nitrogens is 3. The number of hydrogen-bond donors (Lipinski definition) is 1. The molecule has 0 spiro atoms. The molecule has 0 aromatic carbocycles. The molecule has 1 aliphatic rings. The summed E-state index contributed by atoms with van der Waals surface area (Å²) in [6, 6.07) is 5.87. The lowest BCUT2D eigenvalue weighted by atomic mass is 9.99. The van der Waals surface area contributed by atoms with Crippen molar-refractivity contribution in [1.29, 1.82) is 0 Å². The van der Waals surface area contributed by atoms with Crippen molar-refractivity contribution in [1.82, 2.24) is 15.0 Å². The molecule has 5 heteroatoms. The first-order valence-corrected chi connectivity index (χ1v) is 7.74. The topological polar surface area (TPSA) is 59.9 Å². The molecular weight excluding hydrogens is 276 g/mol. The molecule has 0 aliphatic heterocycles. The smallest absolute Gasteiger partial charge is 0.163 e. The number of nitrogens with one attached hydrogen (secondary N) is 1. The van der Waals surface area contributed by atoms with Gasteiger partial charge in [-0.15, -0.1) is 0 Å². The van der Waals surface area contributed by atoms with Gasteiger partial charge in [-0.25, -0.2) is 9.97 Å². The van der Waals surface area contributed by atoms with Gasteiger partial charge in [0.2, 0.25) is 0 Å². The van der Waals surface area contributed by atoms with Crippen molar-refractivity contribution in [2.75, 3.05) is 19.0 Å². The van der Waals surface area contributed by atoms with Gasteiger partial charge in [0.1, 0.15) is 5.82 Å². The van der Waals surface area contributed by atoms with Crippen LogP contribution in [-0.4, -0.2) is 34.2 Å². The van der Waals surface area contributed by atoms with Gasteiger partial charge in [0.15, 0.2) is 5.82 Å². The molecule has 1 aliphatic carbocycles. The van der Waals surface area contributed by atoms with E-state index in [9.17, 15) is 0 Å². The summed E-state index contributed by atoms with van der Waals surface area (Å²) < 4.78 is 5.43. The normalized spacial score (nSPS) is 16.6. The number of nitrogens with zero attached hydrogens (tertiary/aromatic N) is 3. The van der Waals surface area contributed by atoms with Gasteiger partial charge < -0.3 is 10.1 Å². The van der Waals surface area contributed by atoms with Crippen LogP contribution in [0.3, 0.4) is 0 Å². The molecule has 1 N–H and O–H groups in total. The van der Waals surface area contributed by atoms with Crippen LogP contribution < -0.4 is 5.32 Å². The lowest BCUT2D eigenvalue weighted by Crippen LogP contribution is -2.40. The van der Waals surface area contributed by atoms with Crippen LogP contribution in [-0.2, 0) is 4.74 Å². The van der Waals surface area contributed by atoms with E-state index in [2.05, 4.69) is 20.3 Å². The van der Waals surface area contributed by atoms with Gasteiger partial charge >= 0.3 is 0 Å². The van der Waals surface area contributed by atoms with E-state index in [0.717, 1.165) is 29.9 Å². The van der Waals surface area contributed by atoms with Gasteiger partial charge in [0, 0.05) is 36.8 Å². The minimum Gasteiger partial charge on any atom is -0.382 e. The van der Waals surface area contributed by atoms with E-state index < -0.39 is 0 Å². The predicted molar refractivity (Wildman–Crippen MR) is 86.7 cm³/mol. The van der Waals surface area contributed by atoms with Gasteiger partial charge in [-0.2, -0.15) is 0 Å². The summed E-state index contributed by atoms with van der Waals surface area (Å²) in [4.78, 5) is 13.3. The molecule has 2 aromatic heterocycles. The standard InChI is InChI=1S/C17H22N4O/c1-13-10-15(21-17(12-22-2)7-3-4-8-17)20-16(19-13)14-6-5-9-18-11-14/h5-6,9-11H,3-4,7-8,12H2,1-2H3,(H,19,20,21). The van der Waals surface area contributed by atoms with E-state index in [1.54, 1.807) is 19.5 Å². The summed E-state index contributed by atoms with van der Waals surface area (Å²) in [6.07, 6.45) is 8.24. The fourth-order valence-corrected chi connectivity index (χ4v) is 3.16. The molecule has 2 heterocycles. The maximum Gasteiger partial charge on any atom is 0.163 e. The lowest BCUT2D eigenvalue weighted by molar-refractivity contribution is 0.145. The zero-order valence-corrected chi connectivity index (χ0v) is 13.2. The first kappa shape index (κ1) is 14.9. The number of ether oxygens (including phenoxy) is 1. The lowest BCUT2D eigenvalue weighted by Gasteiger charge is -2.30. The minimum atomic E-state index is 0.00174. The van der Waals surface area contributed by atoms with Gasteiger partial charge in [-0.05, 0) is 31.9 Å². The van der Waals surface area contributed by atoms with Crippen molar-refractivity contribution < 1.29 is 4.74 Å². The summed E-state index contributed by atoms with van der Waals surface area (Å²) in [5.41, 5.74) is 1.88. The van der Waals surface area contributed by atoms with Crippen LogP contribution in [0.25, 0.3) is 11.4 Å². The van der Waals surface area contributed by atoms with Crippen LogP contribution in [0.5, 0.6) is 0 Å². The number of anilines is 1. The molecule has 22 heavy (non-hydrogen) atoms. The largest absolute Gasteiger partial charge is 0.382 e. The highest BCUT2D eigenvalue weighted by Gasteiger charge is 2.34. The fourth-order valence-electron chi connectivity index (χ4n) is 3.16. The summed E-state index contributed by atoms with van der Waals surface area (Å²) in [5, 5.41) is 3.61. The molecule has 5 nitrogen and oxygen atoms in total. The van der Waals surface area contributed by atoms with Gasteiger partial charge in [0.05, 0.1) is 12.1 Å². The average molecular weight is 298 g/mol. The first-order chi connectivity index (χ1) is 10.7. The minimum absolute atomic E-state index is 0.00174. The molecule has 2 aromatic rings. The van der Waals surface area contributed by atoms with Crippen molar-refractivity contribution in [3.8, 4) is 11.4 Å². The molecule has 0 saturated heterocycles. The number of pyridine rings is 1. The average Bonchev–Trinajstić information content (AvgIpc) is 2.96. The van der Waals surface area contributed by atoms with E-state index >= 15 is 0 Å². The highest BCUT2D eigenvalue weighted by Crippen LogP contribution is 2.33. The Bertz CT molecular complexity index is 624. The number of methoxy groups -OCH3 is 1. The Morgan fingerprint density at radius 3 is 2.77 bits per heavy atom. The monoisotopic (exact) mass is 298 g/mol. The Kier molecular flexibility index (Phi) is 4.34. The van der Waals surface area contributed by atoms with Crippen molar-refractivity contribution in [2.24, 2.45) is 0 Å². The van der Waals surface area contributed by atoms with Crippen molar-refractivity contribution in [3.63, 3.8) is 0 Å². The Hall–Kier alpha value is -2.01. The van der Waals surface area contributed by atoms with E-state index in [1.807, 2.05) is 25.1 Å². The van der Waals surface area contributed by atoms with Crippen LogP contribution in [0.2, 0.25) is 0 Å². The zero-order chi connectivity index (χ0) is 15.4. The quantitative estimate of drug-likeness (QED) is 0.918. The number of aryl methyl sites for hydroxylation is 1. The van der Waals surface area contributed by atoms with E-state index in [1.165, 1.54) is 12.8 Å². The molecule has 3 rings (SSSR count). The zero-order valence-electron chi connectivity index (χ0n) is 13.2. The summed E-state index contributed by atoms with van der Waals surface area (Å²) in [6.45, 7) is 2.70. The van der Waals surface area contributed by atoms with E-state index in [-0.39, 0.29) is 5.54 Å². The van der Waals surface area contributed by atoms with Crippen LogP contribution in [0, 0.1) is 6.92 Å². The first-order valence-electron chi connectivity index (χ1n) is 7.74. The Labute approximate surface area is 131 Å². The molecule has 0 unspecified atom stereocenters. The van der Waals surface area contributed by atoms with Gasteiger partial charge in [0.25, 0.3) is 0 Å². The van der Waals surface area contributed by atoms with Crippen LogP contribution in [0.15, 0.2) is 30.6 Å².